The second-order valence-electron chi connectivity index (χ2n) is 5.62. The van der Waals surface area contributed by atoms with E-state index in [0.29, 0.717) is 17.3 Å². The Labute approximate surface area is 166 Å². The Balaban J connectivity index is 1.74. The minimum atomic E-state index is -0.566. The number of ether oxygens (including phenoxy) is 1. The SMILES string of the molecule is CCCNC(=O)CNC(=O)COC(=O)Cc1csc(-c2cccc(Cl)c2)n1. The number of hydrogen-bond donors (Lipinski definition) is 2. The zero-order valence-corrected chi connectivity index (χ0v) is 16.4. The maximum atomic E-state index is 11.9. The highest BCUT2D eigenvalue weighted by Crippen LogP contribution is 2.26. The summed E-state index contributed by atoms with van der Waals surface area (Å²) in [6, 6.07) is 7.28. The summed E-state index contributed by atoms with van der Waals surface area (Å²) >= 11 is 7.36. The van der Waals surface area contributed by atoms with E-state index in [-0.39, 0.29) is 18.9 Å². The molecule has 0 saturated heterocycles. The average molecular weight is 410 g/mol. The van der Waals surface area contributed by atoms with E-state index in [1.165, 1.54) is 11.3 Å². The van der Waals surface area contributed by atoms with Crippen molar-refractivity contribution < 1.29 is 19.1 Å². The van der Waals surface area contributed by atoms with Gasteiger partial charge in [-0.05, 0) is 18.6 Å². The third-order valence-electron chi connectivity index (χ3n) is 3.33. The van der Waals surface area contributed by atoms with Gasteiger partial charge < -0.3 is 15.4 Å². The first-order valence-corrected chi connectivity index (χ1v) is 9.63. The molecular weight excluding hydrogens is 390 g/mol. The first-order valence-electron chi connectivity index (χ1n) is 8.37. The zero-order chi connectivity index (χ0) is 19.6. The molecule has 1 aromatic carbocycles. The number of carbonyl (C=O) groups excluding carboxylic acids is 3. The standard InChI is InChI=1S/C18H20ClN3O4S/c1-2-6-20-15(23)9-21-16(24)10-26-17(25)8-14-11-27-18(22-14)12-4-3-5-13(19)7-12/h3-5,7,11H,2,6,8-10H2,1H3,(H,20,23)(H,21,24). The van der Waals surface area contributed by atoms with Gasteiger partial charge in [-0.2, -0.15) is 0 Å². The van der Waals surface area contributed by atoms with Gasteiger partial charge in [0.05, 0.1) is 18.7 Å². The lowest BCUT2D eigenvalue weighted by molar-refractivity contribution is -0.148. The minimum Gasteiger partial charge on any atom is -0.455 e. The van der Waals surface area contributed by atoms with E-state index < -0.39 is 18.5 Å². The fraction of sp³-hybridized carbons (Fsp3) is 0.333. The lowest BCUT2D eigenvalue weighted by Crippen LogP contribution is -2.39. The summed E-state index contributed by atoms with van der Waals surface area (Å²) in [5.74, 6) is -1.39. The monoisotopic (exact) mass is 409 g/mol. The van der Waals surface area contributed by atoms with Gasteiger partial charge in [-0.1, -0.05) is 30.7 Å². The van der Waals surface area contributed by atoms with E-state index in [0.717, 1.165) is 17.0 Å². The number of halogens is 1. The molecule has 0 fully saturated rings. The van der Waals surface area contributed by atoms with Crippen LogP contribution in [0, 0.1) is 0 Å². The maximum Gasteiger partial charge on any atom is 0.312 e. The van der Waals surface area contributed by atoms with Crippen LogP contribution in [0.4, 0.5) is 0 Å². The number of thiazole rings is 1. The van der Waals surface area contributed by atoms with E-state index in [9.17, 15) is 14.4 Å². The zero-order valence-electron chi connectivity index (χ0n) is 14.8. The summed E-state index contributed by atoms with van der Waals surface area (Å²) in [6.07, 6.45) is 0.772. The van der Waals surface area contributed by atoms with Crippen molar-refractivity contribution >= 4 is 40.7 Å². The van der Waals surface area contributed by atoms with Gasteiger partial charge in [0.1, 0.15) is 5.01 Å². The highest BCUT2D eigenvalue weighted by molar-refractivity contribution is 7.13. The first-order chi connectivity index (χ1) is 13.0. The molecule has 9 heteroatoms. The number of rotatable bonds is 9. The van der Waals surface area contributed by atoms with E-state index in [2.05, 4.69) is 15.6 Å². The first kappa shape index (κ1) is 20.9. The summed E-state index contributed by atoms with van der Waals surface area (Å²) < 4.78 is 4.92. The normalized spacial score (nSPS) is 10.3. The molecule has 0 aliphatic rings. The van der Waals surface area contributed by atoms with E-state index in [1.807, 2.05) is 19.1 Å². The van der Waals surface area contributed by atoms with Crippen molar-refractivity contribution in [1.82, 2.24) is 15.6 Å². The summed E-state index contributed by atoms with van der Waals surface area (Å²) in [5, 5.41) is 8.13. The number of hydrogen-bond acceptors (Lipinski definition) is 6. The van der Waals surface area contributed by atoms with Gasteiger partial charge in [0.15, 0.2) is 6.61 Å². The second-order valence-corrected chi connectivity index (χ2v) is 6.91. The molecule has 0 bridgehead atoms. The lowest BCUT2D eigenvalue weighted by Gasteiger charge is -2.06. The molecule has 2 aromatic rings. The highest BCUT2D eigenvalue weighted by atomic mass is 35.5. The molecule has 0 atom stereocenters. The highest BCUT2D eigenvalue weighted by Gasteiger charge is 2.12. The van der Waals surface area contributed by atoms with Crippen LogP contribution in [0.15, 0.2) is 29.6 Å². The predicted octanol–water partition coefficient (Wildman–Crippen LogP) is 2.19. The quantitative estimate of drug-likeness (QED) is 0.619. The van der Waals surface area contributed by atoms with Crippen molar-refractivity contribution in [3.8, 4) is 10.6 Å². The van der Waals surface area contributed by atoms with Crippen molar-refractivity contribution in [1.29, 1.82) is 0 Å². The van der Waals surface area contributed by atoms with Crippen LogP contribution < -0.4 is 10.6 Å². The largest absolute Gasteiger partial charge is 0.455 e. The number of nitrogens with zero attached hydrogens (tertiary/aromatic N) is 1. The number of aromatic nitrogens is 1. The second kappa shape index (κ2) is 10.6. The van der Waals surface area contributed by atoms with Gasteiger partial charge in [-0.3, -0.25) is 14.4 Å². The maximum absolute atomic E-state index is 11.9. The van der Waals surface area contributed by atoms with Gasteiger partial charge in [0.25, 0.3) is 5.91 Å². The molecule has 0 saturated carbocycles. The Kier molecular flexibility index (Phi) is 8.22. The van der Waals surface area contributed by atoms with Crippen molar-refractivity contribution in [2.45, 2.75) is 19.8 Å². The molecular formula is C18H20ClN3O4S. The average Bonchev–Trinajstić information content (AvgIpc) is 3.11. The van der Waals surface area contributed by atoms with Gasteiger partial charge in [0.2, 0.25) is 5.91 Å². The smallest absolute Gasteiger partial charge is 0.312 e. The number of amides is 2. The number of nitrogens with one attached hydrogen (secondary N) is 2. The van der Waals surface area contributed by atoms with E-state index >= 15 is 0 Å². The fourth-order valence-electron chi connectivity index (χ4n) is 2.04. The van der Waals surface area contributed by atoms with E-state index in [4.69, 9.17) is 16.3 Å². The number of esters is 1. The van der Waals surface area contributed by atoms with Crippen LogP contribution in [-0.2, 0) is 25.5 Å². The van der Waals surface area contributed by atoms with Crippen LogP contribution in [0.5, 0.6) is 0 Å². The summed E-state index contributed by atoms with van der Waals surface area (Å²) in [5.41, 5.74) is 1.42. The summed E-state index contributed by atoms with van der Waals surface area (Å²) in [6.45, 7) is 1.89. The van der Waals surface area contributed by atoms with Crippen LogP contribution >= 0.6 is 22.9 Å². The molecule has 0 unspecified atom stereocenters. The lowest BCUT2D eigenvalue weighted by atomic mass is 10.2. The summed E-state index contributed by atoms with van der Waals surface area (Å²) in [4.78, 5) is 39.2. The Bertz CT molecular complexity index is 809. The van der Waals surface area contributed by atoms with Crippen LogP contribution in [0.3, 0.4) is 0 Å². The van der Waals surface area contributed by atoms with Crippen LogP contribution in [0.25, 0.3) is 10.6 Å². The molecule has 2 N–H and O–H groups in total. The Morgan fingerprint density at radius 3 is 2.78 bits per heavy atom. The van der Waals surface area contributed by atoms with Crippen LogP contribution in [0.1, 0.15) is 19.0 Å². The third-order valence-corrected chi connectivity index (χ3v) is 4.51. The molecule has 27 heavy (non-hydrogen) atoms. The summed E-state index contributed by atoms with van der Waals surface area (Å²) in [7, 11) is 0. The number of carbonyl (C=O) groups is 3. The fourth-order valence-corrected chi connectivity index (χ4v) is 3.05. The Hall–Kier alpha value is -2.45. The van der Waals surface area contributed by atoms with Crippen molar-refractivity contribution in [3.63, 3.8) is 0 Å². The number of benzene rings is 1. The molecule has 2 amide bonds. The van der Waals surface area contributed by atoms with E-state index in [1.54, 1.807) is 17.5 Å². The minimum absolute atomic E-state index is 0.0403. The molecule has 1 aromatic heterocycles. The van der Waals surface area contributed by atoms with Gasteiger partial charge >= 0.3 is 5.97 Å². The van der Waals surface area contributed by atoms with Gasteiger partial charge in [0, 0.05) is 22.5 Å². The molecule has 0 aliphatic heterocycles. The van der Waals surface area contributed by atoms with Gasteiger partial charge in [-0.15, -0.1) is 11.3 Å². The van der Waals surface area contributed by atoms with Crippen LogP contribution in [-0.4, -0.2) is 42.5 Å². The van der Waals surface area contributed by atoms with Crippen molar-refractivity contribution in [2.75, 3.05) is 19.7 Å². The molecule has 0 aliphatic carbocycles. The molecule has 144 valence electrons. The van der Waals surface area contributed by atoms with Crippen molar-refractivity contribution in [2.24, 2.45) is 0 Å². The topological polar surface area (TPSA) is 97.4 Å². The van der Waals surface area contributed by atoms with Gasteiger partial charge in [-0.25, -0.2) is 4.98 Å². The molecule has 0 spiro atoms. The Morgan fingerprint density at radius 1 is 1.22 bits per heavy atom. The third kappa shape index (κ3) is 7.36. The molecule has 7 nitrogen and oxygen atoms in total. The predicted molar refractivity (Wildman–Crippen MR) is 104 cm³/mol. The molecule has 0 radical (unpaired) electrons. The molecule has 2 rings (SSSR count). The molecule has 1 heterocycles. The van der Waals surface area contributed by atoms with Crippen molar-refractivity contribution in [3.05, 3.63) is 40.4 Å². The Morgan fingerprint density at radius 2 is 2.04 bits per heavy atom. The van der Waals surface area contributed by atoms with Crippen LogP contribution in [0.2, 0.25) is 5.02 Å².